The molecule has 14 heteroatoms. The summed E-state index contributed by atoms with van der Waals surface area (Å²) in [7, 11) is -5.62. The van der Waals surface area contributed by atoms with Crippen LogP contribution in [0.3, 0.4) is 0 Å². The fraction of sp³-hybridized carbons (Fsp3) is 0.412. The monoisotopic (exact) mass is 474 g/mol. The van der Waals surface area contributed by atoms with Crippen molar-refractivity contribution in [2.45, 2.75) is 18.2 Å². The van der Waals surface area contributed by atoms with Gasteiger partial charge in [-0.25, -0.2) is 13.6 Å². The molecular formula is C17H18F4O9S. The lowest BCUT2D eigenvalue weighted by Gasteiger charge is -2.11. The number of benzene rings is 1. The lowest BCUT2D eigenvalue weighted by Crippen LogP contribution is -2.17. The van der Waals surface area contributed by atoms with Crippen LogP contribution < -0.4 is 4.74 Å². The molecule has 0 aromatic heterocycles. The van der Waals surface area contributed by atoms with Gasteiger partial charge in [-0.3, -0.25) is 9.35 Å². The molecule has 0 amide bonds. The highest BCUT2D eigenvalue weighted by atomic mass is 32.2. The number of hydrogen-bond donors (Lipinski definition) is 1. The van der Waals surface area contributed by atoms with E-state index >= 15 is 0 Å². The van der Waals surface area contributed by atoms with E-state index in [1.165, 1.54) is 6.92 Å². The summed E-state index contributed by atoms with van der Waals surface area (Å²) in [6.45, 7) is 4.64. The van der Waals surface area contributed by atoms with Crippen molar-refractivity contribution < 1.29 is 59.1 Å². The molecule has 0 saturated carbocycles. The Morgan fingerprint density at radius 3 is 1.87 bits per heavy atom. The summed E-state index contributed by atoms with van der Waals surface area (Å²) in [5, 5.41) is 0. The van der Waals surface area contributed by atoms with Gasteiger partial charge in [0.25, 0.3) is 0 Å². The highest BCUT2D eigenvalue weighted by Crippen LogP contribution is 2.32. The number of carbonyl (C=O) groups is 2. The smallest absolute Gasteiger partial charge is 0.333 e. The predicted octanol–water partition coefficient (Wildman–Crippen LogP) is 1.94. The molecule has 0 aliphatic heterocycles. The zero-order valence-electron chi connectivity index (χ0n) is 16.1. The first-order valence-electron chi connectivity index (χ1n) is 8.40. The number of hydrogen-bond acceptors (Lipinski definition) is 8. The third-order valence-corrected chi connectivity index (χ3v) is 4.16. The average Bonchev–Trinajstić information content (AvgIpc) is 2.67. The number of halogens is 4. The van der Waals surface area contributed by atoms with Gasteiger partial charge >= 0.3 is 22.1 Å². The van der Waals surface area contributed by atoms with Gasteiger partial charge in [-0.2, -0.15) is 17.2 Å². The highest BCUT2D eigenvalue weighted by molar-refractivity contribution is 7.85. The topological polar surface area (TPSA) is 125 Å². The lowest BCUT2D eigenvalue weighted by molar-refractivity contribution is -0.140. The third-order valence-electron chi connectivity index (χ3n) is 3.29. The Bertz CT molecular complexity index is 918. The van der Waals surface area contributed by atoms with Gasteiger partial charge in [0.2, 0.25) is 17.4 Å². The van der Waals surface area contributed by atoms with Crippen molar-refractivity contribution in [3.8, 4) is 5.75 Å². The Hall–Kier alpha value is -2.55. The van der Waals surface area contributed by atoms with Gasteiger partial charge in [-0.05, 0) is 6.92 Å². The summed E-state index contributed by atoms with van der Waals surface area (Å²) in [6.07, 6.45) is -0.585. The summed E-state index contributed by atoms with van der Waals surface area (Å²) in [5.74, 6) is -13.3. The van der Waals surface area contributed by atoms with Crippen LogP contribution in [-0.2, 0) is 33.9 Å². The summed E-state index contributed by atoms with van der Waals surface area (Å²) in [5.41, 5.74) is 0.231. The van der Waals surface area contributed by atoms with Crippen LogP contribution in [0.5, 0.6) is 5.75 Å². The van der Waals surface area contributed by atoms with Crippen LogP contribution in [0.25, 0.3) is 0 Å². The summed E-state index contributed by atoms with van der Waals surface area (Å²) in [4.78, 5) is 20.4. The maximum atomic E-state index is 13.8. The highest BCUT2D eigenvalue weighted by Gasteiger charge is 2.34. The molecule has 0 radical (unpaired) electrons. The molecule has 0 aliphatic carbocycles. The van der Waals surface area contributed by atoms with E-state index in [4.69, 9.17) is 18.8 Å². The maximum Gasteiger partial charge on any atom is 0.333 e. The van der Waals surface area contributed by atoms with Crippen molar-refractivity contribution >= 4 is 22.1 Å². The molecule has 174 valence electrons. The zero-order chi connectivity index (χ0) is 23.8. The molecule has 0 aliphatic rings. The molecule has 1 aromatic carbocycles. The SMILES string of the molecule is C=C(C)C(=O)OCCOCCOCCC(=O)Oc1c(F)c(F)c(S(=O)(=O)O)c(F)c1F. The quantitative estimate of drug-likeness (QED) is 0.0920. The molecular weight excluding hydrogens is 456 g/mol. The molecule has 1 N–H and O–H groups in total. The largest absolute Gasteiger partial charge is 0.460 e. The van der Waals surface area contributed by atoms with Crippen LogP contribution in [0.4, 0.5) is 17.6 Å². The average molecular weight is 474 g/mol. The van der Waals surface area contributed by atoms with Crippen LogP contribution in [-0.4, -0.2) is 57.9 Å². The Morgan fingerprint density at radius 2 is 1.39 bits per heavy atom. The van der Waals surface area contributed by atoms with E-state index in [1.54, 1.807) is 0 Å². The van der Waals surface area contributed by atoms with Gasteiger partial charge in [-0.15, -0.1) is 0 Å². The van der Waals surface area contributed by atoms with Gasteiger partial charge < -0.3 is 18.9 Å². The molecule has 0 unspecified atom stereocenters. The second kappa shape index (κ2) is 11.7. The molecule has 0 saturated heterocycles. The lowest BCUT2D eigenvalue weighted by atomic mass is 10.3. The molecule has 0 heterocycles. The van der Waals surface area contributed by atoms with Crippen molar-refractivity contribution in [3.05, 3.63) is 35.4 Å². The summed E-state index contributed by atoms with van der Waals surface area (Å²) in [6, 6.07) is 0. The number of esters is 2. The predicted molar refractivity (Wildman–Crippen MR) is 93.8 cm³/mol. The first kappa shape index (κ1) is 26.5. The van der Waals surface area contributed by atoms with Crippen LogP contribution in [0.2, 0.25) is 0 Å². The fourth-order valence-corrected chi connectivity index (χ4v) is 2.50. The third kappa shape index (κ3) is 7.90. The minimum atomic E-state index is -5.62. The van der Waals surface area contributed by atoms with E-state index in [2.05, 4.69) is 11.3 Å². The standard InChI is InChI=1S/C17H18F4O9S/c1-9(2)17(23)29-8-7-28-6-5-27-4-3-10(22)30-15-11(18)13(20)16(31(24,25)26)14(21)12(15)19/h1,3-8H2,2H3,(H,24,25,26). The Balaban J connectivity index is 2.44. The van der Waals surface area contributed by atoms with Gasteiger partial charge in [0.05, 0.1) is 32.8 Å². The molecule has 1 rings (SSSR count). The van der Waals surface area contributed by atoms with E-state index in [9.17, 15) is 35.6 Å². The molecule has 31 heavy (non-hydrogen) atoms. The Morgan fingerprint density at radius 1 is 0.903 bits per heavy atom. The molecule has 1 aromatic rings. The fourth-order valence-electron chi connectivity index (χ4n) is 1.87. The number of rotatable bonds is 12. The zero-order valence-corrected chi connectivity index (χ0v) is 16.9. The van der Waals surface area contributed by atoms with Crippen LogP contribution in [0.1, 0.15) is 13.3 Å². The van der Waals surface area contributed by atoms with Gasteiger partial charge in [0, 0.05) is 5.57 Å². The molecule has 0 spiro atoms. The van der Waals surface area contributed by atoms with Crippen molar-refractivity contribution in [1.29, 1.82) is 0 Å². The van der Waals surface area contributed by atoms with Crippen molar-refractivity contribution in [2.75, 3.05) is 33.0 Å². The van der Waals surface area contributed by atoms with Gasteiger partial charge in [-0.1, -0.05) is 6.58 Å². The first-order chi connectivity index (χ1) is 14.4. The molecule has 0 atom stereocenters. The van der Waals surface area contributed by atoms with Crippen LogP contribution in [0, 0.1) is 23.3 Å². The van der Waals surface area contributed by atoms with E-state index < -0.39 is 62.4 Å². The number of ether oxygens (including phenoxy) is 4. The summed E-state index contributed by atoms with van der Waals surface area (Å²) < 4.78 is 104. The minimum Gasteiger partial charge on any atom is -0.460 e. The van der Waals surface area contributed by atoms with Crippen LogP contribution in [0.15, 0.2) is 17.0 Å². The Labute approximate surface area is 174 Å². The van der Waals surface area contributed by atoms with E-state index in [1.807, 2.05) is 0 Å². The van der Waals surface area contributed by atoms with Gasteiger partial charge in [0.1, 0.15) is 6.61 Å². The van der Waals surface area contributed by atoms with Crippen LogP contribution >= 0.6 is 0 Å². The second-order valence-corrected chi connectivity index (χ2v) is 7.11. The number of carbonyl (C=O) groups excluding carboxylic acids is 2. The maximum absolute atomic E-state index is 13.8. The molecule has 0 bridgehead atoms. The van der Waals surface area contributed by atoms with E-state index in [-0.39, 0.29) is 38.6 Å². The second-order valence-electron chi connectivity index (χ2n) is 5.75. The van der Waals surface area contributed by atoms with Crippen molar-refractivity contribution in [1.82, 2.24) is 0 Å². The van der Waals surface area contributed by atoms with E-state index in [0.717, 1.165) is 0 Å². The van der Waals surface area contributed by atoms with Gasteiger partial charge in [0.15, 0.2) is 16.5 Å². The minimum absolute atomic E-state index is 0.0152. The van der Waals surface area contributed by atoms with Crippen molar-refractivity contribution in [2.24, 2.45) is 0 Å². The molecule has 0 fully saturated rings. The first-order valence-corrected chi connectivity index (χ1v) is 9.84. The molecule has 9 nitrogen and oxygen atoms in total. The summed E-state index contributed by atoms with van der Waals surface area (Å²) >= 11 is 0. The Kier molecular flexibility index (Phi) is 10.0. The van der Waals surface area contributed by atoms with E-state index in [0.29, 0.717) is 0 Å². The normalized spacial score (nSPS) is 11.3. The van der Waals surface area contributed by atoms with Crippen molar-refractivity contribution in [3.63, 3.8) is 0 Å².